The summed E-state index contributed by atoms with van der Waals surface area (Å²) in [6.45, 7) is 6.23. The predicted octanol–water partition coefficient (Wildman–Crippen LogP) is 3.06. The Morgan fingerprint density at radius 3 is 2.42 bits per heavy atom. The maximum Gasteiger partial charge on any atom is 0.261 e. The van der Waals surface area contributed by atoms with Crippen LogP contribution in [0.1, 0.15) is 68.1 Å². The number of ether oxygens (including phenoxy) is 2. The molecule has 5 rings (SSSR count). The highest BCUT2D eigenvalue weighted by Crippen LogP contribution is 2.47. The fourth-order valence-electron chi connectivity index (χ4n) is 5.20. The van der Waals surface area contributed by atoms with Gasteiger partial charge in [0.05, 0.1) is 5.60 Å². The smallest absolute Gasteiger partial charge is 0.261 e. The molecule has 2 aromatic rings. The van der Waals surface area contributed by atoms with Crippen molar-refractivity contribution in [2.45, 2.75) is 69.6 Å². The molecule has 3 atom stereocenters. The van der Waals surface area contributed by atoms with Gasteiger partial charge in [-0.3, -0.25) is 9.59 Å². The molecule has 0 spiro atoms. The van der Waals surface area contributed by atoms with Crippen LogP contribution in [0, 0.1) is 0 Å². The normalized spacial score (nSPS) is 26.9. The van der Waals surface area contributed by atoms with Gasteiger partial charge in [0.15, 0.2) is 11.5 Å². The van der Waals surface area contributed by atoms with Crippen LogP contribution in [0.3, 0.4) is 0 Å². The lowest BCUT2D eigenvalue weighted by atomic mass is 9.80. The van der Waals surface area contributed by atoms with Crippen molar-refractivity contribution >= 4 is 5.91 Å². The van der Waals surface area contributed by atoms with Crippen molar-refractivity contribution in [3.05, 3.63) is 57.5 Å². The number of piperidine rings is 1. The molecule has 31 heavy (non-hydrogen) atoms. The number of nitrogens with one attached hydrogen (secondary N) is 1. The number of H-pyrrole nitrogens is 1. The van der Waals surface area contributed by atoms with E-state index in [0.29, 0.717) is 24.3 Å². The van der Waals surface area contributed by atoms with Gasteiger partial charge in [-0.15, -0.1) is 0 Å². The predicted molar refractivity (Wildman–Crippen MR) is 114 cm³/mol. The van der Waals surface area contributed by atoms with Gasteiger partial charge >= 0.3 is 0 Å². The van der Waals surface area contributed by atoms with E-state index < -0.39 is 5.60 Å². The van der Waals surface area contributed by atoms with E-state index in [9.17, 15) is 14.7 Å². The summed E-state index contributed by atoms with van der Waals surface area (Å²) in [7, 11) is 0. The van der Waals surface area contributed by atoms with Crippen LogP contribution in [-0.4, -0.2) is 39.8 Å². The Hall–Kier alpha value is -2.80. The maximum atomic E-state index is 13.3. The lowest BCUT2D eigenvalue weighted by molar-refractivity contribution is -0.0480. The SMILES string of the molecule is CC(C)(C)c1ccc(C(=O)N2[C@@H]3CC[C@H]2CC(O)(c2ccc4c(c2)OCO4)C3)c(=O)[nH]1. The molecular formula is C24H28N2O5. The molecule has 2 bridgehead atoms. The number of pyridine rings is 1. The lowest BCUT2D eigenvalue weighted by Crippen LogP contribution is -2.52. The summed E-state index contributed by atoms with van der Waals surface area (Å²) >= 11 is 0. The van der Waals surface area contributed by atoms with E-state index in [1.54, 1.807) is 6.07 Å². The first-order chi connectivity index (χ1) is 14.7. The van der Waals surface area contributed by atoms with Gasteiger partial charge in [-0.2, -0.15) is 0 Å². The van der Waals surface area contributed by atoms with Crippen LogP contribution in [0.4, 0.5) is 0 Å². The average Bonchev–Trinajstić information content (AvgIpc) is 3.29. The number of aromatic nitrogens is 1. The largest absolute Gasteiger partial charge is 0.454 e. The molecule has 1 amide bonds. The second kappa shape index (κ2) is 6.85. The Balaban J connectivity index is 1.40. The number of hydrogen-bond acceptors (Lipinski definition) is 5. The molecule has 0 aliphatic carbocycles. The van der Waals surface area contributed by atoms with Crippen molar-refractivity contribution in [2.24, 2.45) is 0 Å². The molecule has 0 saturated carbocycles. The van der Waals surface area contributed by atoms with Crippen molar-refractivity contribution in [1.29, 1.82) is 0 Å². The van der Waals surface area contributed by atoms with Crippen LogP contribution in [0.5, 0.6) is 11.5 Å². The third kappa shape index (κ3) is 3.31. The number of nitrogens with zero attached hydrogens (tertiary/aromatic N) is 1. The fourth-order valence-corrected chi connectivity index (χ4v) is 5.20. The molecule has 2 fully saturated rings. The Kier molecular flexibility index (Phi) is 4.45. The summed E-state index contributed by atoms with van der Waals surface area (Å²) < 4.78 is 10.8. The Morgan fingerprint density at radius 2 is 1.77 bits per heavy atom. The minimum Gasteiger partial charge on any atom is -0.454 e. The first-order valence-electron chi connectivity index (χ1n) is 10.8. The summed E-state index contributed by atoms with van der Waals surface area (Å²) in [6.07, 6.45) is 2.52. The van der Waals surface area contributed by atoms with Gasteiger partial charge < -0.3 is 24.5 Å². The van der Waals surface area contributed by atoms with Gasteiger partial charge in [0.25, 0.3) is 11.5 Å². The number of carbonyl (C=O) groups excluding carboxylic acids is 1. The second-order valence-corrected chi connectivity index (χ2v) is 9.97. The molecule has 7 nitrogen and oxygen atoms in total. The molecule has 3 aliphatic rings. The first-order valence-corrected chi connectivity index (χ1v) is 10.8. The van der Waals surface area contributed by atoms with Crippen molar-refractivity contribution in [1.82, 2.24) is 9.88 Å². The van der Waals surface area contributed by atoms with Crippen LogP contribution in [0.2, 0.25) is 0 Å². The zero-order chi connectivity index (χ0) is 22.0. The first kappa shape index (κ1) is 20.1. The standard InChI is InChI=1S/C24H28N2O5/c1-23(2,3)20-9-7-17(21(27)25-20)22(28)26-15-5-6-16(26)12-24(29,11-15)14-4-8-18-19(10-14)31-13-30-18/h4,7-10,15-16,29H,5-6,11-13H2,1-3H3,(H,25,27)/t15-,16+,24?. The van der Waals surface area contributed by atoms with Gasteiger partial charge in [0.1, 0.15) is 5.56 Å². The number of hydrogen-bond donors (Lipinski definition) is 2. The van der Waals surface area contributed by atoms with Crippen LogP contribution in [0.25, 0.3) is 0 Å². The van der Waals surface area contributed by atoms with E-state index in [2.05, 4.69) is 4.98 Å². The van der Waals surface area contributed by atoms with Crippen LogP contribution in [-0.2, 0) is 11.0 Å². The minimum absolute atomic E-state index is 0.108. The van der Waals surface area contributed by atoms with E-state index in [1.807, 2.05) is 49.9 Å². The topological polar surface area (TPSA) is 91.9 Å². The molecule has 7 heteroatoms. The average molecular weight is 424 g/mol. The molecule has 164 valence electrons. The molecular weight excluding hydrogens is 396 g/mol. The van der Waals surface area contributed by atoms with Gasteiger partial charge in [0.2, 0.25) is 6.79 Å². The quantitative estimate of drug-likeness (QED) is 0.773. The van der Waals surface area contributed by atoms with Gasteiger partial charge in [0, 0.05) is 36.0 Å². The van der Waals surface area contributed by atoms with E-state index >= 15 is 0 Å². The molecule has 0 radical (unpaired) electrons. The highest BCUT2D eigenvalue weighted by Gasteiger charge is 2.50. The number of benzene rings is 1. The molecule has 1 aromatic carbocycles. The summed E-state index contributed by atoms with van der Waals surface area (Å²) in [5, 5.41) is 11.5. The summed E-state index contributed by atoms with van der Waals surface area (Å²) in [6, 6.07) is 8.79. The maximum absolute atomic E-state index is 13.3. The number of amides is 1. The lowest BCUT2D eigenvalue weighted by Gasteiger charge is -2.44. The molecule has 4 heterocycles. The molecule has 3 aliphatic heterocycles. The zero-order valence-corrected chi connectivity index (χ0v) is 18.1. The Bertz CT molecular complexity index is 1090. The zero-order valence-electron chi connectivity index (χ0n) is 18.1. The van der Waals surface area contributed by atoms with E-state index in [1.165, 1.54) is 0 Å². The number of fused-ring (bicyclic) bond motifs is 3. The molecule has 2 N–H and O–H groups in total. The number of aromatic amines is 1. The summed E-state index contributed by atoms with van der Waals surface area (Å²) in [5.74, 6) is 1.07. The number of rotatable bonds is 2. The van der Waals surface area contributed by atoms with Crippen LogP contribution >= 0.6 is 0 Å². The molecule has 1 unspecified atom stereocenters. The van der Waals surface area contributed by atoms with Crippen LogP contribution < -0.4 is 15.0 Å². The van der Waals surface area contributed by atoms with E-state index in [0.717, 1.165) is 24.1 Å². The Morgan fingerprint density at radius 1 is 1.10 bits per heavy atom. The summed E-state index contributed by atoms with van der Waals surface area (Å²) in [4.78, 5) is 30.7. The van der Waals surface area contributed by atoms with Gasteiger partial charge in [-0.25, -0.2) is 0 Å². The van der Waals surface area contributed by atoms with Crippen molar-refractivity contribution in [3.8, 4) is 11.5 Å². The number of aliphatic hydroxyl groups is 1. The Labute approximate surface area is 181 Å². The van der Waals surface area contributed by atoms with Gasteiger partial charge in [-0.05, 0) is 42.7 Å². The van der Waals surface area contributed by atoms with Crippen molar-refractivity contribution < 1.29 is 19.4 Å². The second-order valence-electron chi connectivity index (χ2n) is 9.97. The molecule has 1 aromatic heterocycles. The van der Waals surface area contributed by atoms with Gasteiger partial charge in [-0.1, -0.05) is 26.8 Å². The third-order valence-corrected chi connectivity index (χ3v) is 6.86. The van der Waals surface area contributed by atoms with Crippen LogP contribution in [0.15, 0.2) is 35.1 Å². The van der Waals surface area contributed by atoms with E-state index in [4.69, 9.17) is 9.47 Å². The van der Waals surface area contributed by atoms with E-state index in [-0.39, 0.29) is 41.3 Å². The minimum atomic E-state index is -1.04. The monoisotopic (exact) mass is 424 g/mol. The van der Waals surface area contributed by atoms with Crippen molar-refractivity contribution in [2.75, 3.05) is 6.79 Å². The fraction of sp³-hybridized carbons (Fsp3) is 0.500. The number of carbonyl (C=O) groups is 1. The molecule has 2 saturated heterocycles. The third-order valence-electron chi connectivity index (χ3n) is 6.86. The van der Waals surface area contributed by atoms with Crippen molar-refractivity contribution in [3.63, 3.8) is 0 Å². The summed E-state index contributed by atoms with van der Waals surface area (Å²) in [5.41, 5.74) is 0.158. The highest BCUT2D eigenvalue weighted by atomic mass is 16.7. The highest BCUT2D eigenvalue weighted by molar-refractivity contribution is 5.94.